The molecule has 12 aromatic carbocycles. The summed E-state index contributed by atoms with van der Waals surface area (Å²) < 4.78 is 90.1. The number of nitrogens with two attached hydrogens (primary N) is 1. The normalized spacial score (nSPS) is 12.8. The number of nitrogens with one attached hydrogen (secondary N) is 2. The Morgan fingerprint density at radius 2 is 0.843 bits per heavy atom. The van der Waals surface area contributed by atoms with E-state index in [1.807, 2.05) is 155 Å². The number of rotatable bonds is 22. The number of carbonyl (C=O) groups is 4. The number of aryl methyl sites for hydroxylation is 2. The molecule has 2 aliphatic carbocycles. The number of Topliss-reactive ketones (excluding diaryl/α,β-unsaturated/α-hetero) is 1. The maximum absolute atomic E-state index is 14.6. The third-order valence-corrected chi connectivity index (χ3v) is 24.8. The first-order valence-corrected chi connectivity index (χ1v) is 46.1. The topological polar surface area (TPSA) is 246 Å². The number of benzene rings is 12. The lowest BCUT2D eigenvalue weighted by molar-refractivity contribution is 0.0980. The van der Waals surface area contributed by atoms with Crippen molar-refractivity contribution in [2.45, 2.75) is 163 Å². The maximum Gasteiger partial charge on any atom is 0.261 e. The zero-order chi connectivity index (χ0) is 91.5. The van der Waals surface area contributed by atoms with Gasteiger partial charge in [-0.2, -0.15) is 0 Å². The van der Waals surface area contributed by atoms with Crippen LogP contribution in [-0.2, 0) is 48.8 Å². The molecule has 4 N–H and O–H groups in total. The Morgan fingerprint density at radius 1 is 0.441 bits per heavy atom. The fraction of sp³-hybridized carbons (Fsp3) is 0.255. The second-order valence-corrected chi connectivity index (χ2v) is 39.5. The third kappa shape index (κ3) is 23.0. The molecule has 0 bridgehead atoms. The number of halogens is 2. The molecular formula is C106H108Cl2N4O13S2. The molecule has 0 saturated carbocycles. The Hall–Kier alpha value is -12.2. The van der Waals surface area contributed by atoms with Gasteiger partial charge in [0.1, 0.15) is 41.7 Å². The van der Waals surface area contributed by atoms with Crippen LogP contribution in [0, 0.1) is 24.7 Å². The molecule has 13 aromatic rings. The van der Waals surface area contributed by atoms with E-state index < -0.39 is 31.6 Å². The standard InChI is InChI=1S/C50H45ClN2O5S.C35H36N2O5S.C15H13ClO2.C4H8O.C2H6/c1-31-16-23-36(24-17-31)59(55,56)53-42-28-44(58-35-21-18-33(19-22-35)50(5,6)30-49(2,3)4)47-45-39(37-14-10-11-15-38(37)48(54)46(42)45)27-41(52-47)40-26-34(51)20-25-43(40)57-29-32-12-8-7-9-13-32;1-21-11-17-24(18-12-21)43(40,41)37-27-19-28(42-23-15-13-22(14-16-23)35(5,6)20-34(2,3)4)31(36)30-29(27)32(38)25-9-7-8-10-26(25)33(30)39;1-11(17)14-9-13(16)7-8-15(14)18-10-12-5-3-2-4-6-12;1-2-4-5-3-1;1-2/h7-28,53H,29-30H2,1-6H3;7-19,37H,20,36H2,1-6H3;2-9H,10H2,1H3;1-4H2;1-2H3. The van der Waals surface area contributed by atoms with E-state index in [-0.39, 0.29) is 99.4 Å². The van der Waals surface area contributed by atoms with Crippen LogP contribution in [0.1, 0.15) is 207 Å². The molecule has 1 aliphatic heterocycles. The molecule has 1 saturated heterocycles. The number of anilines is 3. The van der Waals surface area contributed by atoms with Crippen LogP contribution in [0.5, 0.6) is 34.5 Å². The predicted molar refractivity (Wildman–Crippen MR) is 511 cm³/mol. The van der Waals surface area contributed by atoms with Gasteiger partial charge in [0, 0.05) is 63.0 Å². The van der Waals surface area contributed by atoms with Gasteiger partial charge in [-0.3, -0.25) is 28.6 Å². The van der Waals surface area contributed by atoms with Gasteiger partial charge in [0.2, 0.25) is 0 Å². The van der Waals surface area contributed by atoms with E-state index in [2.05, 4.69) is 90.8 Å². The van der Waals surface area contributed by atoms with Crippen LogP contribution in [0.3, 0.4) is 0 Å². The summed E-state index contributed by atoms with van der Waals surface area (Å²) >= 11 is 12.5. The number of hydrogen-bond acceptors (Lipinski definition) is 15. The Labute approximate surface area is 756 Å². The highest BCUT2D eigenvalue weighted by Gasteiger charge is 2.38. The fourth-order valence-electron chi connectivity index (χ4n) is 16.2. The van der Waals surface area contributed by atoms with E-state index in [1.165, 1.54) is 38.0 Å². The van der Waals surface area contributed by atoms with E-state index in [1.54, 1.807) is 103 Å². The molecule has 17 nitrogen and oxygen atoms in total. The molecule has 0 amide bonds. The quantitative estimate of drug-likeness (QED) is 0.0422. The van der Waals surface area contributed by atoms with Crippen molar-refractivity contribution in [2.24, 2.45) is 10.8 Å². The summed E-state index contributed by atoms with van der Waals surface area (Å²) in [4.78, 5) is 58.8. The second-order valence-electron chi connectivity index (χ2n) is 35.3. The van der Waals surface area contributed by atoms with Crippen molar-refractivity contribution in [3.05, 3.63) is 343 Å². The largest absolute Gasteiger partial charge is 0.488 e. The van der Waals surface area contributed by atoms with Gasteiger partial charge < -0.3 is 29.4 Å². The molecule has 1 fully saturated rings. The lowest BCUT2D eigenvalue weighted by Crippen LogP contribution is -2.25. The molecule has 0 radical (unpaired) electrons. The van der Waals surface area contributed by atoms with Crippen molar-refractivity contribution < 1.29 is 59.7 Å². The summed E-state index contributed by atoms with van der Waals surface area (Å²) in [7, 11) is -8.28. The number of ketones is 4. The Bertz CT molecular complexity index is 6440. The molecule has 656 valence electrons. The fourth-order valence-corrected chi connectivity index (χ4v) is 18.7. The number of carbonyl (C=O) groups excluding carboxylic acids is 4. The van der Waals surface area contributed by atoms with Gasteiger partial charge in [-0.05, 0) is 192 Å². The molecule has 1 aromatic heterocycles. The number of fused-ring (bicyclic) bond motifs is 4. The van der Waals surface area contributed by atoms with E-state index in [4.69, 9.17) is 57.6 Å². The molecular weight excluding hydrogens is 1670 g/mol. The number of nitrogen functional groups attached to an aromatic ring is 1. The SMILES string of the molecule is C1CCOC1.CC.CC(=O)c1cc(Cl)ccc1OCc1ccccc1.Cc1ccc(S(=O)(=O)Nc2cc(Oc3ccc(C(C)(C)CC(C)(C)C)cc3)c(N)c3c2C(=O)c2ccccc2C3=O)cc1.Cc1ccc(S(=O)(=O)Nc2cc(Oc3ccc(C(C)(C)CC(C)(C)C)cc3)c3nc(-c4cc(Cl)ccc4OCc4ccccc4)cc4c3c2C(=O)c2ccccc2-4)cc1. The maximum atomic E-state index is 14.6. The first-order valence-electron chi connectivity index (χ1n) is 42.4. The lowest BCUT2D eigenvalue weighted by Gasteiger charge is -2.33. The highest BCUT2D eigenvalue weighted by atomic mass is 35.5. The molecule has 16 rings (SSSR count). The molecule has 0 spiro atoms. The van der Waals surface area contributed by atoms with E-state index in [0.29, 0.717) is 90.7 Å². The summed E-state index contributed by atoms with van der Waals surface area (Å²) in [6.07, 6.45) is 4.50. The summed E-state index contributed by atoms with van der Waals surface area (Å²) in [6, 6.07) is 77.2. The van der Waals surface area contributed by atoms with Gasteiger partial charge in [-0.1, -0.05) is 275 Å². The van der Waals surface area contributed by atoms with Crippen LogP contribution in [0.4, 0.5) is 17.1 Å². The van der Waals surface area contributed by atoms with Crippen molar-refractivity contribution in [1.29, 1.82) is 0 Å². The van der Waals surface area contributed by atoms with Crippen LogP contribution >= 0.6 is 23.2 Å². The second kappa shape index (κ2) is 39.8. The Kier molecular flexibility index (Phi) is 29.4. The van der Waals surface area contributed by atoms with Gasteiger partial charge in [-0.25, -0.2) is 21.8 Å². The van der Waals surface area contributed by atoms with Gasteiger partial charge in [0.15, 0.2) is 34.6 Å². The first kappa shape index (κ1) is 93.9. The van der Waals surface area contributed by atoms with Crippen LogP contribution in [-0.4, -0.2) is 58.2 Å². The number of hydrogen-bond donors (Lipinski definition) is 3. The molecule has 0 unspecified atom stereocenters. The van der Waals surface area contributed by atoms with Crippen LogP contribution in [0.25, 0.3) is 33.3 Å². The molecule has 3 aliphatic rings. The van der Waals surface area contributed by atoms with Crippen LogP contribution < -0.4 is 34.1 Å². The minimum atomic E-state index is -4.15. The van der Waals surface area contributed by atoms with Crippen LogP contribution in [0.2, 0.25) is 10.0 Å². The highest BCUT2D eigenvalue weighted by Crippen LogP contribution is 2.50. The van der Waals surface area contributed by atoms with E-state index >= 15 is 0 Å². The average molecular weight is 1780 g/mol. The van der Waals surface area contributed by atoms with Gasteiger partial charge >= 0.3 is 0 Å². The summed E-state index contributed by atoms with van der Waals surface area (Å²) in [5.74, 6) is 1.05. The molecule has 21 heteroatoms. The Balaban J connectivity index is 0.000000186. The number of ether oxygens (including phenoxy) is 5. The first-order chi connectivity index (χ1) is 60.3. The minimum absolute atomic E-state index is 0.00888. The average Bonchev–Trinajstić information content (AvgIpc) is 0.829. The number of aromatic nitrogens is 1. The summed E-state index contributed by atoms with van der Waals surface area (Å²) in [6.45, 7) is 34.2. The van der Waals surface area contributed by atoms with Crippen molar-refractivity contribution >= 4 is 94.3 Å². The Morgan fingerprint density at radius 3 is 1.30 bits per heavy atom. The monoisotopic (exact) mass is 1780 g/mol. The van der Waals surface area contributed by atoms with Crippen molar-refractivity contribution in [3.63, 3.8) is 0 Å². The zero-order valence-electron chi connectivity index (χ0n) is 74.4. The molecule has 0 atom stereocenters. The van der Waals surface area contributed by atoms with Gasteiger partial charge in [0.05, 0.1) is 54.8 Å². The van der Waals surface area contributed by atoms with Gasteiger partial charge in [-0.15, -0.1) is 0 Å². The van der Waals surface area contributed by atoms with Crippen LogP contribution in [0.15, 0.2) is 271 Å². The number of pyridine rings is 1. The van der Waals surface area contributed by atoms with E-state index in [0.717, 1.165) is 59.4 Å². The predicted octanol–water partition coefficient (Wildman–Crippen LogP) is 26.6. The van der Waals surface area contributed by atoms with Crippen molar-refractivity contribution in [3.8, 4) is 56.9 Å². The smallest absolute Gasteiger partial charge is 0.261 e. The molecule has 2 heterocycles. The lowest BCUT2D eigenvalue weighted by atomic mass is 9.72. The summed E-state index contributed by atoms with van der Waals surface area (Å²) in [5.41, 5.74) is 16.9. The van der Waals surface area contributed by atoms with Crippen molar-refractivity contribution in [2.75, 3.05) is 28.4 Å². The minimum Gasteiger partial charge on any atom is -0.488 e. The third-order valence-electron chi connectivity index (χ3n) is 21.6. The summed E-state index contributed by atoms with van der Waals surface area (Å²) in [5, 5.41) is 1.49. The number of sulfonamides is 2. The van der Waals surface area contributed by atoms with E-state index in [9.17, 15) is 36.0 Å². The zero-order valence-corrected chi connectivity index (χ0v) is 77.5. The molecule has 127 heavy (non-hydrogen) atoms. The number of nitrogens with zero attached hydrogens (tertiary/aromatic N) is 1. The van der Waals surface area contributed by atoms with Crippen molar-refractivity contribution in [1.82, 2.24) is 4.98 Å². The highest BCUT2D eigenvalue weighted by molar-refractivity contribution is 7.93. The van der Waals surface area contributed by atoms with Gasteiger partial charge in [0.25, 0.3) is 20.0 Å².